The van der Waals surface area contributed by atoms with E-state index < -0.39 is 29.6 Å². The highest BCUT2D eigenvalue weighted by atomic mass is 16.6. The Hall–Kier alpha value is -2.88. The first-order valence-electron chi connectivity index (χ1n) is 5.62. The lowest BCUT2D eigenvalue weighted by molar-refractivity contribution is -0.384. The number of carbonyl (C=O) groups is 2. The summed E-state index contributed by atoms with van der Waals surface area (Å²) in [5.41, 5.74) is -0.112. The van der Waals surface area contributed by atoms with E-state index in [-0.39, 0.29) is 17.1 Å². The maximum atomic E-state index is 11.6. The van der Waals surface area contributed by atoms with Crippen molar-refractivity contribution in [3.8, 4) is 5.75 Å². The van der Waals surface area contributed by atoms with Crippen molar-refractivity contribution >= 4 is 23.4 Å². The summed E-state index contributed by atoms with van der Waals surface area (Å²) in [6, 6.07) is 1.14. The lowest BCUT2D eigenvalue weighted by atomic mass is 10.2. The van der Waals surface area contributed by atoms with E-state index >= 15 is 0 Å². The van der Waals surface area contributed by atoms with Crippen LogP contribution in [-0.4, -0.2) is 46.9 Å². The molecule has 1 atom stereocenters. The summed E-state index contributed by atoms with van der Waals surface area (Å²) in [7, 11) is 1.26. The molecule has 0 fully saturated rings. The van der Waals surface area contributed by atoms with Crippen LogP contribution in [0.1, 0.15) is 0 Å². The van der Waals surface area contributed by atoms with Crippen molar-refractivity contribution in [1.29, 1.82) is 0 Å². The Balaban J connectivity index is 2.85. The molecule has 0 spiro atoms. The molecule has 0 heterocycles. The topological polar surface area (TPSA) is 151 Å². The molecule has 10 nitrogen and oxygen atoms in total. The first-order chi connectivity index (χ1) is 9.88. The van der Waals surface area contributed by atoms with Gasteiger partial charge in [-0.15, -0.1) is 0 Å². The maximum Gasteiger partial charge on any atom is 0.328 e. The van der Waals surface area contributed by atoms with E-state index in [0.717, 1.165) is 12.1 Å². The molecule has 0 saturated carbocycles. The predicted octanol–water partition coefficient (Wildman–Crippen LogP) is 0.170. The normalized spacial score (nSPS) is 11.3. The number of amides is 2. The third-order valence-electron chi connectivity index (χ3n) is 2.43. The number of nitro benzene ring substituents is 1. The number of hydrogen-bond donors (Lipinski definition) is 4. The third-order valence-corrected chi connectivity index (χ3v) is 2.43. The van der Waals surface area contributed by atoms with Crippen molar-refractivity contribution in [3.63, 3.8) is 0 Å². The number of aliphatic hydroxyl groups is 1. The summed E-state index contributed by atoms with van der Waals surface area (Å²) in [4.78, 5) is 32.2. The molecular weight excluding hydrogens is 286 g/mol. The first kappa shape index (κ1) is 16.2. The first-order valence-corrected chi connectivity index (χ1v) is 5.62. The SMILES string of the molecule is COc1cc([N+](=O)[O-])ccc1NC(=O)N[C@@H](CO)C(=O)O. The number of carboxylic acid groups (broad SMARTS) is 1. The van der Waals surface area contributed by atoms with Gasteiger partial charge < -0.3 is 25.6 Å². The van der Waals surface area contributed by atoms with E-state index in [0.29, 0.717) is 0 Å². The van der Waals surface area contributed by atoms with Crippen LogP contribution in [0.15, 0.2) is 18.2 Å². The Morgan fingerprint density at radius 1 is 1.48 bits per heavy atom. The second kappa shape index (κ2) is 7.05. The number of aliphatic carboxylic acids is 1. The van der Waals surface area contributed by atoms with Gasteiger partial charge in [0.25, 0.3) is 5.69 Å². The molecule has 21 heavy (non-hydrogen) atoms. The minimum atomic E-state index is -1.46. The van der Waals surface area contributed by atoms with Crippen LogP contribution < -0.4 is 15.4 Å². The molecule has 0 saturated heterocycles. The number of hydrogen-bond acceptors (Lipinski definition) is 6. The van der Waals surface area contributed by atoms with Gasteiger partial charge in [-0.05, 0) is 6.07 Å². The average Bonchev–Trinajstić information content (AvgIpc) is 2.44. The van der Waals surface area contributed by atoms with Crippen LogP contribution in [0.3, 0.4) is 0 Å². The number of nitrogens with zero attached hydrogens (tertiary/aromatic N) is 1. The number of anilines is 1. The average molecular weight is 299 g/mol. The standard InChI is InChI=1S/C11H13N3O7/c1-21-9-4-6(14(19)20)2-3-7(9)12-11(18)13-8(5-15)10(16)17/h2-4,8,15H,5H2,1H3,(H,16,17)(H2,12,13,18)/t8-/m0/s1. The van der Waals surface area contributed by atoms with E-state index in [4.69, 9.17) is 14.9 Å². The van der Waals surface area contributed by atoms with Gasteiger partial charge in [0.2, 0.25) is 0 Å². The summed E-state index contributed by atoms with van der Waals surface area (Å²) >= 11 is 0. The maximum absolute atomic E-state index is 11.6. The quantitative estimate of drug-likeness (QED) is 0.431. The molecule has 0 unspecified atom stereocenters. The van der Waals surface area contributed by atoms with E-state index in [9.17, 15) is 19.7 Å². The van der Waals surface area contributed by atoms with Gasteiger partial charge in [-0.3, -0.25) is 10.1 Å². The van der Waals surface area contributed by atoms with Gasteiger partial charge in [0.15, 0.2) is 6.04 Å². The highest BCUT2D eigenvalue weighted by Crippen LogP contribution is 2.28. The number of rotatable bonds is 6. The minimum Gasteiger partial charge on any atom is -0.494 e. The zero-order chi connectivity index (χ0) is 16.0. The Labute approximate surface area is 118 Å². The van der Waals surface area contributed by atoms with Crippen LogP contribution in [0.2, 0.25) is 0 Å². The van der Waals surface area contributed by atoms with Crippen LogP contribution in [0.5, 0.6) is 5.75 Å². The summed E-state index contributed by atoms with van der Waals surface area (Å²) in [5.74, 6) is -1.36. The number of benzene rings is 1. The van der Waals surface area contributed by atoms with Crippen molar-refractivity contribution in [1.82, 2.24) is 5.32 Å². The Morgan fingerprint density at radius 3 is 2.62 bits per heavy atom. The number of nitrogens with one attached hydrogen (secondary N) is 2. The molecular formula is C11H13N3O7. The van der Waals surface area contributed by atoms with E-state index in [1.54, 1.807) is 0 Å². The number of carboxylic acids is 1. The second-order valence-electron chi connectivity index (χ2n) is 3.81. The number of carbonyl (C=O) groups excluding carboxylic acids is 1. The van der Waals surface area contributed by atoms with Gasteiger partial charge in [-0.1, -0.05) is 0 Å². The van der Waals surface area contributed by atoms with Gasteiger partial charge in [0, 0.05) is 6.07 Å². The summed E-state index contributed by atoms with van der Waals surface area (Å²) < 4.78 is 4.90. The molecule has 0 aliphatic carbocycles. The number of ether oxygens (including phenoxy) is 1. The third kappa shape index (κ3) is 4.31. The number of urea groups is 1. The van der Waals surface area contributed by atoms with E-state index in [2.05, 4.69) is 5.32 Å². The lowest BCUT2D eigenvalue weighted by Gasteiger charge is -2.14. The summed E-state index contributed by atoms with van der Waals surface area (Å²) in [6.07, 6.45) is 0. The van der Waals surface area contributed by atoms with Gasteiger partial charge in [0.1, 0.15) is 5.75 Å². The molecule has 0 aliphatic heterocycles. The second-order valence-corrected chi connectivity index (χ2v) is 3.81. The zero-order valence-corrected chi connectivity index (χ0v) is 10.9. The molecule has 4 N–H and O–H groups in total. The molecule has 0 bridgehead atoms. The molecule has 1 rings (SSSR count). The van der Waals surface area contributed by atoms with Gasteiger partial charge in [-0.2, -0.15) is 0 Å². The molecule has 1 aromatic rings. The monoisotopic (exact) mass is 299 g/mol. The highest BCUT2D eigenvalue weighted by molar-refractivity contribution is 5.93. The number of non-ortho nitro benzene ring substituents is 1. The fourth-order valence-corrected chi connectivity index (χ4v) is 1.40. The van der Waals surface area contributed by atoms with Crippen LogP contribution >= 0.6 is 0 Å². The molecule has 0 aromatic heterocycles. The number of methoxy groups -OCH3 is 1. The van der Waals surface area contributed by atoms with Crippen LogP contribution in [0.25, 0.3) is 0 Å². The molecule has 114 valence electrons. The Kier molecular flexibility index (Phi) is 5.43. The lowest BCUT2D eigenvalue weighted by Crippen LogP contribution is -2.45. The Morgan fingerprint density at radius 2 is 2.14 bits per heavy atom. The van der Waals surface area contributed by atoms with Gasteiger partial charge in [0.05, 0.1) is 30.4 Å². The Bertz CT molecular complexity index is 561. The van der Waals surface area contributed by atoms with Crippen LogP contribution in [0.4, 0.5) is 16.2 Å². The smallest absolute Gasteiger partial charge is 0.328 e. The highest BCUT2D eigenvalue weighted by Gasteiger charge is 2.20. The fraction of sp³-hybridized carbons (Fsp3) is 0.273. The fourth-order valence-electron chi connectivity index (χ4n) is 1.40. The molecule has 0 aliphatic rings. The van der Waals surface area contributed by atoms with E-state index in [1.807, 2.05) is 5.32 Å². The van der Waals surface area contributed by atoms with Crippen molar-refractivity contribution < 1.29 is 29.5 Å². The molecule has 2 amide bonds. The van der Waals surface area contributed by atoms with Gasteiger partial charge >= 0.3 is 12.0 Å². The molecule has 1 aromatic carbocycles. The number of nitro groups is 1. The van der Waals surface area contributed by atoms with Crippen molar-refractivity contribution in [2.75, 3.05) is 19.0 Å². The van der Waals surface area contributed by atoms with Gasteiger partial charge in [-0.25, -0.2) is 9.59 Å². The predicted molar refractivity (Wildman–Crippen MR) is 70.3 cm³/mol. The van der Waals surface area contributed by atoms with Crippen molar-refractivity contribution in [2.45, 2.75) is 6.04 Å². The summed E-state index contributed by atoms with van der Waals surface area (Å²) in [6.45, 7) is -0.778. The summed E-state index contributed by atoms with van der Waals surface area (Å²) in [5, 5.41) is 32.4. The zero-order valence-electron chi connectivity index (χ0n) is 10.9. The largest absolute Gasteiger partial charge is 0.494 e. The van der Waals surface area contributed by atoms with Crippen molar-refractivity contribution in [2.24, 2.45) is 0 Å². The molecule has 0 radical (unpaired) electrons. The molecule has 10 heteroatoms. The minimum absolute atomic E-state index is 0.0372. The van der Waals surface area contributed by atoms with Crippen LogP contribution in [0, 0.1) is 10.1 Å². The van der Waals surface area contributed by atoms with E-state index in [1.165, 1.54) is 13.2 Å². The number of aliphatic hydroxyl groups excluding tert-OH is 1. The van der Waals surface area contributed by atoms with Crippen molar-refractivity contribution in [3.05, 3.63) is 28.3 Å². The van der Waals surface area contributed by atoms with Crippen LogP contribution in [-0.2, 0) is 4.79 Å².